The number of aromatic nitrogens is 2. The van der Waals surface area contributed by atoms with Crippen molar-refractivity contribution < 1.29 is 9.90 Å². The zero-order valence-corrected chi connectivity index (χ0v) is 10.9. The van der Waals surface area contributed by atoms with Crippen LogP contribution in [0.15, 0.2) is 6.07 Å². The highest BCUT2D eigenvalue weighted by molar-refractivity contribution is 5.76. The molecule has 5 heteroatoms. The average molecular weight is 237 g/mol. The van der Waals surface area contributed by atoms with E-state index in [9.17, 15) is 4.79 Å². The Bertz CT molecular complexity index is 418. The number of aryl methyl sites for hydroxylation is 1. The van der Waals surface area contributed by atoms with Gasteiger partial charge >= 0.3 is 5.97 Å². The van der Waals surface area contributed by atoms with Crippen LogP contribution in [-0.2, 0) is 4.79 Å². The lowest BCUT2D eigenvalue weighted by atomic mass is 10.1. The monoisotopic (exact) mass is 237 g/mol. The molecule has 0 amide bonds. The van der Waals surface area contributed by atoms with Crippen LogP contribution in [-0.4, -0.2) is 34.1 Å². The number of carboxylic acid groups (broad SMARTS) is 1. The van der Waals surface area contributed by atoms with Crippen LogP contribution in [0.2, 0.25) is 0 Å². The highest BCUT2D eigenvalue weighted by Crippen LogP contribution is 2.17. The molecule has 0 aliphatic heterocycles. The molecule has 1 aromatic rings. The minimum absolute atomic E-state index is 0.295. The third-order valence-electron chi connectivity index (χ3n) is 2.71. The van der Waals surface area contributed by atoms with E-state index in [0.29, 0.717) is 11.9 Å². The molecule has 1 N–H and O–H groups in total. The molecule has 1 atom stereocenters. The SMILES string of the molecule is Cc1cc(C(C)C)nc(N(C)C(C)C(=O)O)n1. The summed E-state index contributed by atoms with van der Waals surface area (Å²) >= 11 is 0. The first kappa shape index (κ1) is 13.4. The van der Waals surface area contributed by atoms with Crippen LogP contribution in [0.1, 0.15) is 38.1 Å². The molecule has 0 saturated heterocycles. The molecule has 5 nitrogen and oxygen atoms in total. The second-order valence-electron chi connectivity index (χ2n) is 4.51. The highest BCUT2D eigenvalue weighted by Gasteiger charge is 2.20. The van der Waals surface area contributed by atoms with Gasteiger partial charge in [0.2, 0.25) is 5.95 Å². The fraction of sp³-hybridized carbons (Fsp3) is 0.583. The lowest BCUT2D eigenvalue weighted by Gasteiger charge is -2.22. The van der Waals surface area contributed by atoms with Crippen molar-refractivity contribution >= 4 is 11.9 Å². The van der Waals surface area contributed by atoms with Crippen LogP contribution >= 0.6 is 0 Å². The topological polar surface area (TPSA) is 66.3 Å². The summed E-state index contributed by atoms with van der Waals surface area (Å²) in [5.41, 5.74) is 1.78. The molecule has 0 aromatic carbocycles. The molecule has 94 valence electrons. The van der Waals surface area contributed by atoms with Crippen molar-refractivity contribution in [3.05, 3.63) is 17.5 Å². The Morgan fingerprint density at radius 1 is 1.35 bits per heavy atom. The van der Waals surface area contributed by atoms with Gasteiger partial charge in [-0.3, -0.25) is 0 Å². The Kier molecular flexibility index (Phi) is 4.04. The molecule has 1 unspecified atom stereocenters. The van der Waals surface area contributed by atoms with E-state index in [1.54, 1.807) is 18.9 Å². The van der Waals surface area contributed by atoms with E-state index in [1.807, 2.05) is 26.8 Å². The predicted octanol–water partition coefficient (Wildman–Crippen LogP) is 1.82. The Morgan fingerprint density at radius 3 is 2.41 bits per heavy atom. The van der Waals surface area contributed by atoms with Gasteiger partial charge in [0.25, 0.3) is 0 Å². The summed E-state index contributed by atoms with van der Waals surface area (Å²) in [6.07, 6.45) is 0. The van der Waals surface area contributed by atoms with Crippen molar-refractivity contribution in [3.63, 3.8) is 0 Å². The Hall–Kier alpha value is -1.65. The zero-order valence-electron chi connectivity index (χ0n) is 10.9. The second kappa shape index (κ2) is 5.12. The van der Waals surface area contributed by atoms with Crippen molar-refractivity contribution in [3.8, 4) is 0 Å². The smallest absolute Gasteiger partial charge is 0.326 e. The summed E-state index contributed by atoms with van der Waals surface area (Å²) < 4.78 is 0. The van der Waals surface area contributed by atoms with Crippen LogP contribution < -0.4 is 4.90 Å². The molecule has 17 heavy (non-hydrogen) atoms. The van der Waals surface area contributed by atoms with Gasteiger partial charge in [-0.25, -0.2) is 14.8 Å². The lowest BCUT2D eigenvalue weighted by Crippen LogP contribution is -2.37. The number of hydrogen-bond acceptors (Lipinski definition) is 4. The number of carboxylic acids is 1. The summed E-state index contributed by atoms with van der Waals surface area (Å²) in [5, 5.41) is 8.96. The Morgan fingerprint density at radius 2 is 1.94 bits per heavy atom. The van der Waals surface area contributed by atoms with Gasteiger partial charge in [-0.15, -0.1) is 0 Å². The minimum atomic E-state index is -0.885. The minimum Gasteiger partial charge on any atom is -0.480 e. The molecular weight excluding hydrogens is 218 g/mol. The van der Waals surface area contributed by atoms with Crippen LogP contribution in [0.25, 0.3) is 0 Å². The molecule has 0 aliphatic rings. The summed E-state index contributed by atoms with van der Waals surface area (Å²) in [4.78, 5) is 21.2. The molecule has 0 radical (unpaired) electrons. The lowest BCUT2D eigenvalue weighted by molar-refractivity contribution is -0.138. The number of rotatable bonds is 4. The first-order valence-electron chi connectivity index (χ1n) is 5.64. The van der Waals surface area contributed by atoms with E-state index in [2.05, 4.69) is 9.97 Å². The number of aliphatic carboxylic acids is 1. The maximum atomic E-state index is 10.9. The maximum absolute atomic E-state index is 10.9. The van der Waals surface area contributed by atoms with E-state index < -0.39 is 12.0 Å². The van der Waals surface area contributed by atoms with Crippen LogP contribution in [0.4, 0.5) is 5.95 Å². The number of anilines is 1. The van der Waals surface area contributed by atoms with Gasteiger partial charge in [-0.05, 0) is 25.8 Å². The normalized spacial score (nSPS) is 12.6. The molecule has 0 bridgehead atoms. The van der Waals surface area contributed by atoms with Gasteiger partial charge in [0, 0.05) is 18.4 Å². The third kappa shape index (κ3) is 3.15. The molecule has 1 rings (SSSR count). The third-order valence-corrected chi connectivity index (χ3v) is 2.71. The molecule has 1 aromatic heterocycles. The van der Waals surface area contributed by atoms with Crippen molar-refractivity contribution in [2.75, 3.05) is 11.9 Å². The summed E-state index contributed by atoms with van der Waals surface area (Å²) in [5.74, 6) is -0.128. The largest absolute Gasteiger partial charge is 0.480 e. The van der Waals surface area contributed by atoms with Gasteiger partial charge in [0.05, 0.1) is 0 Å². The van der Waals surface area contributed by atoms with Gasteiger partial charge in [-0.2, -0.15) is 0 Å². The van der Waals surface area contributed by atoms with Gasteiger partial charge in [0.1, 0.15) is 6.04 Å². The summed E-state index contributed by atoms with van der Waals surface area (Å²) in [6.45, 7) is 7.60. The van der Waals surface area contributed by atoms with Gasteiger partial charge in [-0.1, -0.05) is 13.8 Å². The fourth-order valence-corrected chi connectivity index (χ4v) is 1.37. The molecule has 1 heterocycles. The number of nitrogens with zero attached hydrogens (tertiary/aromatic N) is 3. The Balaban J connectivity index is 3.09. The first-order chi connectivity index (χ1) is 7.82. The standard InChI is InChI=1S/C12H19N3O2/c1-7(2)10-6-8(3)13-12(14-10)15(5)9(4)11(16)17/h6-7,9H,1-5H3,(H,16,17). The Labute approximate surface area is 102 Å². The second-order valence-corrected chi connectivity index (χ2v) is 4.51. The van der Waals surface area contributed by atoms with Crippen LogP contribution in [0, 0.1) is 6.92 Å². The summed E-state index contributed by atoms with van der Waals surface area (Å²) in [7, 11) is 1.69. The van der Waals surface area contributed by atoms with Gasteiger partial charge < -0.3 is 10.0 Å². The fourth-order valence-electron chi connectivity index (χ4n) is 1.37. The van der Waals surface area contributed by atoms with E-state index in [-0.39, 0.29) is 0 Å². The molecule has 0 fully saturated rings. The molecular formula is C12H19N3O2. The molecule has 0 saturated carbocycles. The quantitative estimate of drug-likeness (QED) is 0.865. The van der Waals surface area contributed by atoms with E-state index in [1.165, 1.54) is 0 Å². The van der Waals surface area contributed by atoms with Crippen LogP contribution in [0.5, 0.6) is 0 Å². The van der Waals surface area contributed by atoms with E-state index in [4.69, 9.17) is 5.11 Å². The number of carbonyl (C=O) groups is 1. The van der Waals surface area contributed by atoms with E-state index in [0.717, 1.165) is 11.4 Å². The number of likely N-dealkylation sites (N-methyl/N-ethyl adjacent to an activating group) is 1. The van der Waals surface area contributed by atoms with E-state index >= 15 is 0 Å². The number of hydrogen-bond donors (Lipinski definition) is 1. The maximum Gasteiger partial charge on any atom is 0.326 e. The van der Waals surface area contributed by atoms with Crippen molar-refractivity contribution in [1.29, 1.82) is 0 Å². The highest BCUT2D eigenvalue weighted by atomic mass is 16.4. The predicted molar refractivity (Wildman–Crippen MR) is 66.4 cm³/mol. The van der Waals surface area contributed by atoms with Crippen molar-refractivity contribution in [1.82, 2.24) is 9.97 Å². The van der Waals surface area contributed by atoms with Crippen LogP contribution in [0.3, 0.4) is 0 Å². The molecule has 0 aliphatic carbocycles. The van der Waals surface area contributed by atoms with Gasteiger partial charge in [0.15, 0.2) is 0 Å². The first-order valence-corrected chi connectivity index (χ1v) is 5.64. The average Bonchev–Trinajstić information content (AvgIpc) is 2.25. The van der Waals surface area contributed by atoms with Crippen molar-refractivity contribution in [2.45, 2.75) is 39.7 Å². The summed E-state index contributed by atoms with van der Waals surface area (Å²) in [6, 6.07) is 1.28. The molecule has 0 spiro atoms. The van der Waals surface area contributed by atoms with Crippen molar-refractivity contribution in [2.24, 2.45) is 0 Å². The zero-order chi connectivity index (χ0) is 13.2.